The van der Waals surface area contributed by atoms with Crippen molar-refractivity contribution in [1.29, 1.82) is 5.26 Å². The second-order valence-corrected chi connectivity index (χ2v) is 8.99. The molecule has 0 atom stereocenters. The molecular weight excluding hydrogens is 496 g/mol. The molecule has 4 N–H and O–H groups in total. The second kappa shape index (κ2) is 9.49. The van der Waals surface area contributed by atoms with Gasteiger partial charge in [0.15, 0.2) is 23.1 Å². The van der Waals surface area contributed by atoms with Crippen LogP contribution in [0.15, 0.2) is 42.7 Å². The van der Waals surface area contributed by atoms with Gasteiger partial charge in [-0.2, -0.15) is 10.1 Å². The van der Waals surface area contributed by atoms with Crippen molar-refractivity contribution < 1.29 is 4.79 Å². The molecule has 13 heteroatoms. The molecule has 0 saturated heterocycles. The molecule has 6 rings (SSSR count). The number of aromatic amines is 1. The maximum atomic E-state index is 13.6. The number of nitrogens with zero attached hydrogens (tertiary/aromatic N) is 8. The Morgan fingerprint density at radius 3 is 2.74 bits per heavy atom. The van der Waals surface area contributed by atoms with Crippen LogP contribution in [0, 0.1) is 11.3 Å². The van der Waals surface area contributed by atoms with E-state index in [0.717, 1.165) is 24.7 Å². The van der Waals surface area contributed by atoms with Crippen LogP contribution >= 0.6 is 0 Å². The monoisotopic (exact) mass is 522 g/mol. The fourth-order valence-corrected chi connectivity index (χ4v) is 4.90. The summed E-state index contributed by atoms with van der Waals surface area (Å²) in [5.41, 5.74) is 6.14. The standard InChI is InChI=1S/C26H26N12O/c1-28-24-21(26(29-2)38(30-3)35-24)17-12-15(4-5-16(17)13-27)22(39)25-32-18-6-7-19(33-23(18)34-25)37-11-10-36-9-8-31-20(36)14-37/h4-9,12,29-30H,10-11,14H2,1-3H3,(H,28,35)(H,32,33,34). The van der Waals surface area contributed by atoms with E-state index in [1.165, 1.54) is 0 Å². The first kappa shape index (κ1) is 24.0. The molecule has 39 heavy (non-hydrogen) atoms. The summed E-state index contributed by atoms with van der Waals surface area (Å²) in [6.07, 6.45) is 3.79. The van der Waals surface area contributed by atoms with Crippen molar-refractivity contribution in [3.63, 3.8) is 0 Å². The molecule has 0 unspecified atom stereocenters. The Labute approximate surface area is 223 Å². The van der Waals surface area contributed by atoms with Crippen LogP contribution in [0.1, 0.15) is 27.6 Å². The van der Waals surface area contributed by atoms with Crippen LogP contribution in [0.5, 0.6) is 0 Å². The molecule has 0 amide bonds. The van der Waals surface area contributed by atoms with Gasteiger partial charge in [-0.25, -0.2) is 15.0 Å². The Morgan fingerprint density at radius 1 is 1.10 bits per heavy atom. The van der Waals surface area contributed by atoms with Crippen molar-refractivity contribution in [3.8, 4) is 17.2 Å². The van der Waals surface area contributed by atoms with E-state index in [2.05, 4.69) is 51.6 Å². The van der Waals surface area contributed by atoms with E-state index in [9.17, 15) is 10.1 Å². The third-order valence-electron chi connectivity index (χ3n) is 6.85. The fraction of sp³-hybridized carbons (Fsp3) is 0.231. The summed E-state index contributed by atoms with van der Waals surface area (Å²) in [5.74, 6) is 2.84. The van der Waals surface area contributed by atoms with Gasteiger partial charge in [0.25, 0.3) is 0 Å². The number of hydrogen-bond donors (Lipinski definition) is 4. The summed E-state index contributed by atoms with van der Waals surface area (Å²) in [5, 5.41) is 20.5. The van der Waals surface area contributed by atoms with Gasteiger partial charge in [-0.3, -0.25) is 4.79 Å². The molecule has 1 aliphatic rings. The summed E-state index contributed by atoms with van der Waals surface area (Å²) in [7, 11) is 5.26. The molecule has 0 fully saturated rings. The quantitative estimate of drug-likeness (QED) is 0.234. The summed E-state index contributed by atoms with van der Waals surface area (Å²) in [6, 6.07) is 11.0. The first-order chi connectivity index (χ1) is 19.0. The van der Waals surface area contributed by atoms with Crippen molar-refractivity contribution in [3.05, 3.63) is 65.5 Å². The van der Waals surface area contributed by atoms with Gasteiger partial charge in [0, 0.05) is 57.8 Å². The highest BCUT2D eigenvalue weighted by Crippen LogP contribution is 2.37. The first-order valence-corrected chi connectivity index (χ1v) is 12.4. The number of nitriles is 1. The molecule has 0 spiro atoms. The normalized spacial score (nSPS) is 12.7. The molecular formula is C26H26N12O. The molecule has 5 aromatic rings. The highest BCUT2D eigenvalue weighted by Gasteiger charge is 2.24. The average Bonchev–Trinajstić information content (AvgIpc) is 3.71. The summed E-state index contributed by atoms with van der Waals surface area (Å²) in [4.78, 5) is 34.1. The lowest BCUT2D eigenvalue weighted by molar-refractivity contribution is 0.103. The number of ketones is 1. The Bertz CT molecular complexity index is 1750. The maximum absolute atomic E-state index is 13.6. The van der Waals surface area contributed by atoms with Crippen LogP contribution < -0.4 is 21.0 Å². The van der Waals surface area contributed by atoms with Crippen molar-refractivity contribution in [2.24, 2.45) is 0 Å². The molecule has 0 bridgehead atoms. The second-order valence-electron chi connectivity index (χ2n) is 8.99. The minimum atomic E-state index is -0.307. The number of rotatable bonds is 7. The summed E-state index contributed by atoms with van der Waals surface area (Å²) in [6.45, 7) is 2.30. The Kier molecular flexibility index (Phi) is 5.84. The Hall–Kier alpha value is -5.38. The highest BCUT2D eigenvalue weighted by atomic mass is 16.1. The van der Waals surface area contributed by atoms with Gasteiger partial charge in [-0.1, -0.05) is 0 Å². The number of nitrogens with one attached hydrogen (secondary N) is 4. The molecule has 13 nitrogen and oxygen atoms in total. The Balaban J connectivity index is 1.35. The number of pyridine rings is 1. The van der Waals surface area contributed by atoms with Crippen LogP contribution in [0.25, 0.3) is 22.3 Å². The summed E-state index contributed by atoms with van der Waals surface area (Å²) >= 11 is 0. The van der Waals surface area contributed by atoms with E-state index < -0.39 is 0 Å². The van der Waals surface area contributed by atoms with Crippen molar-refractivity contribution in [2.75, 3.05) is 48.6 Å². The molecule has 1 aromatic carbocycles. The third kappa shape index (κ3) is 3.98. The summed E-state index contributed by atoms with van der Waals surface area (Å²) < 4.78 is 2.14. The van der Waals surface area contributed by atoms with Crippen LogP contribution in [0.3, 0.4) is 0 Å². The first-order valence-electron chi connectivity index (χ1n) is 12.4. The van der Waals surface area contributed by atoms with Crippen LogP contribution in [0.4, 0.5) is 17.5 Å². The van der Waals surface area contributed by atoms with Crippen molar-refractivity contribution in [1.82, 2.24) is 34.4 Å². The maximum Gasteiger partial charge on any atom is 0.228 e. The zero-order chi connectivity index (χ0) is 27.1. The molecule has 5 heterocycles. The largest absolute Gasteiger partial charge is 0.371 e. The molecule has 0 radical (unpaired) electrons. The number of aromatic nitrogens is 7. The van der Waals surface area contributed by atoms with Gasteiger partial charge in [-0.15, -0.1) is 5.10 Å². The lowest BCUT2D eigenvalue weighted by Gasteiger charge is -2.28. The predicted molar refractivity (Wildman–Crippen MR) is 147 cm³/mol. The zero-order valence-electron chi connectivity index (χ0n) is 21.6. The van der Waals surface area contributed by atoms with Crippen LogP contribution in [0.2, 0.25) is 0 Å². The Morgan fingerprint density at radius 2 is 1.97 bits per heavy atom. The number of benzene rings is 1. The fourth-order valence-electron chi connectivity index (χ4n) is 4.90. The SMILES string of the molecule is CNc1nn(NC)c(NC)c1-c1cc(C(=O)c2nc3ccc(N4CCn5ccnc5C4)nc3[nH]2)ccc1C#N. The van der Waals surface area contributed by atoms with Gasteiger partial charge in [0.1, 0.15) is 17.2 Å². The number of H-pyrrole nitrogens is 1. The smallest absolute Gasteiger partial charge is 0.228 e. The molecule has 0 saturated carbocycles. The topological polar surface area (TPSA) is 157 Å². The minimum Gasteiger partial charge on any atom is -0.371 e. The molecule has 4 aromatic heterocycles. The lowest BCUT2D eigenvalue weighted by Crippen LogP contribution is -2.34. The number of carbonyl (C=O) groups is 1. The van der Waals surface area contributed by atoms with E-state index >= 15 is 0 Å². The van der Waals surface area contributed by atoms with Crippen LogP contribution in [-0.4, -0.2) is 67.9 Å². The number of imidazole rings is 2. The number of anilines is 3. The van der Waals surface area contributed by atoms with E-state index in [0.29, 0.717) is 51.6 Å². The van der Waals surface area contributed by atoms with Gasteiger partial charge < -0.3 is 30.5 Å². The molecule has 196 valence electrons. The van der Waals surface area contributed by atoms with Gasteiger partial charge in [0.2, 0.25) is 5.78 Å². The molecule has 1 aliphatic heterocycles. The number of hydrogen-bond acceptors (Lipinski definition) is 10. The van der Waals surface area contributed by atoms with E-state index in [1.54, 1.807) is 44.1 Å². The average molecular weight is 523 g/mol. The number of carbonyl (C=O) groups excluding carboxylic acids is 1. The van der Waals surface area contributed by atoms with E-state index in [1.807, 2.05) is 24.5 Å². The third-order valence-corrected chi connectivity index (χ3v) is 6.85. The van der Waals surface area contributed by atoms with Crippen molar-refractivity contribution in [2.45, 2.75) is 13.1 Å². The van der Waals surface area contributed by atoms with E-state index in [-0.39, 0.29) is 11.6 Å². The number of fused-ring (bicyclic) bond motifs is 2. The van der Waals surface area contributed by atoms with Gasteiger partial charge in [-0.05, 0) is 30.3 Å². The lowest BCUT2D eigenvalue weighted by atomic mass is 9.97. The zero-order valence-corrected chi connectivity index (χ0v) is 21.6. The highest BCUT2D eigenvalue weighted by molar-refractivity contribution is 6.09. The van der Waals surface area contributed by atoms with Crippen LogP contribution in [-0.2, 0) is 13.1 Å². The molecule has 0 aliphatic carbocycles. The van der Waals surface area contributed by atoms with Gasteiger partial charge >= 0.3 is 0 Å². The van der Waals surface area contributed by atoms with Gasteiger partial charge in [0.05, 0.1) is 23.7 Å². The minimum absolute atomic E-state index is 0.174. The van der Waals surface area contributed by atoms with Crippen molar-refractivity contribution >= 4 is 34.4 Å². The van der Waals surface area contributed by atoms with E-state index in [4.69, 9.17) is 4.98 Å². The predicted octanol–water partition coefficient (Wildman–Crippen LogP) is 2.40.